The molecule has 1 aliphatic carbocycles. The molecule has 4 rings (SSSR count). The minimum atomic E-state index is 0.475. The van der Waals surface area contributed by atoms with Crippen LogP contribution >= 0.6 is 11.8 Å². The first kappa shape index (κ1) is 11.7. The molecule has 0 unspecified atom stereocenters. The molecule has 0 aliphatic heterocycles. The van der Waals surface area contributed by atoms with E-state index in [1.54, 1.807) is 18.0 Å². The first-order valence-electron chi connectivity index (χ1n) is 6.30. The first-order valence-corrected chi connectivity index (χ1v) is 7.29. The second-order valence-electron chi connectivity index (χ2n) is 4.59. The average molecular weight is 289 g/mol. The summed E-state index contributed by atoms with van der Waals surface area (Å²) >= 11 is 1.56. The molecule has 0 saturated heterocycles. The van der Waals surface area contributed by atoms with Gasteiger partial charge in [-0.1, -0.05) is 16.9 Å². The second-order valence-corrected chi connectivity index (χ2v) is 5.53. The molecule has 0 radical (unpaired) electrons. The summed E-state index contributed by atoms with van der Waals surface area (Å²) in [5.41, 5.74) is 0.840. The molecule has 102 valence electrons. The maximum Gasteiger partial charge on any atom is 0.209 e. The van der Waals surface area contributed by atoms with Crippen molar-refractivity contribution < 1.29 is 8.94 Å². The Morgan fingerprint density at radius 3 is 3.10 bits per heavy atom. The van der Waals surface area contributed by atoms with E-state index in [4.69, 9.17) is 8.94 Å². The van der Waals surface area contributed by atoms with Crippen LogP contribution in [0.2, 0.25) is 0 Å². The van der Waals surface area contributed by atoms with E-state index in [0.717, 1.165) is 23.7 Å². The minimum absolute atomic E-state index is 0.475. The van der Waals surface area contributed by atoms with Gasteiger partial charge in [0.2, 0.25) is 10.9 Å². The van der Waals surface area contributed by atoms with Gasteiger partial charge in [-0.25, -0.2) is 4.68 Å². The second kappa shape index (κ2) is 4.78. The van der Waals surface area contributed by atoms with Gasteiger partial charge in [0, 0.05) is 11.8 Å². The molecule has 3 heterocycles. The Kier molecular flexibility index (Phi) is 2.80. The highest BCUT2D eigenvalue weighted by Gasteiger charge is 2.28. The number of hydrogen-bond acceptors (Lipinski definition) is 7. The number of thioether (sulfide) groups is 1. The SMILES string of the molecule is c1coc(-c2cc(CSc3nnnn3C3CC3)no2)c1. The zero-order valence-corrected chi connectivity index (χ0v) is 11.3. The van der Waals surface area contributed by atoms with E-state index in [0.29, 0.717) is 23.3 Å². The summed E-state index contributed by atoms with van der Waals surface area (Å²) in [4.78, 5) is 0. The molecule has 0 N–H and O–H groups in total. The van der Waals surface area contributed by atoms with Gasteiger partial charge in [-0.15, -0.1) is 5.10 Å². The van der Waals surface area contributed by atoms with Crippen molar-refractivity contribution in [3.63, 3.8) is 0 Å². The van der Waals surface area contributed by atoms with Crippen molar-refractivity contribution in [3.05, 3.63) is 30.2 Å². The van der Waals surface area contributed by atoms with E-state index in [9.17, 15) is 0 Å². The van der Waals surface area contributed by atoms with E-state index in [1.807, 2.05) is 22.9 Å². The fourth-order valence-electron chi connectivity index (χ4n) is 1.88. The number of furan rings is 1. The molecule has 1 fully saturated rings. The van der Waals surface area contributed by atoms with Gasteiger partial charge in [0.1, 0.15) is 0 Å². The number of tetrazole rings is 1. The maximum absolute atomic E-state index is 5.27. The van der Waals surface area contributed by atoms with E-state index in [-0.39, 0.29) is 0 Å². The Morgan fingerprint density at radius 1 is 1.35 bits per heavy atom. The highest BCUT2D eigenvalue weighted by Crippen LogP contribution is 2.37. The normalized spacial score (nSPS) is 14.8. The summed E-state index contributed by atoms with van der Waals surface area (Å²) in [6.45, 7) is 0. The lowest BCUT2D eigenvalue weighted by atomic mass is 10.3. The van der Waals surface area contributed by atoms with Gasteiger partial charge in [0.25, 0.3) is 0 Å². The zero-order chi connectivity index (χ0) is 13.4. The lowest BCUT2D eigenvalue weighted by Crippen LogP contribution is -1.98. The predicted octanol–water partition coefficient (Wildman–Crippen LogP) is 2.55. The quantitative estimate of drug-likeness (QED) is 0.667. The van der Waals surface area contributed by atoms with Crippen molar-refractivity contribution >= 4 is 11.8 Å². The summed E-state index contributed by atoms with van der Waals surface area (Å²) in [5, 5.41) is 16.6. The molecule has 0 bridgehead atoms. The summed E-state index contributed by atoms with van der Waals surface area (Å²) in [6, 6.07) is 6.00. The molecule has 0 atom stereocenters. The van der Waals surface area contributed by atoms with Crippen molar-refractivity contribution in [2.24, 2.45) is 0 Å². The van der Waals surface area contributed by atoms with Crippen LogP contribution < -0.4 is 0 Å². The summed E-state index contributed by atoms with van der Waals surface area (Å²) in [5.74, 6) is 1.97. The van der Waals surface area contributed by atoms with Gasteiger partial charge < -0.3 is 8.94 Å². The van der Waals surface area contributed by atoms with Crippen molar-refractivity contribution in [3.8, 4) is 11.5 Å². The Balaban J connectivity index is 1.45. The Labute approximate surface area is 118 Å². The van der Waals surface area contributed by atoms with E-state index in [1.165, 1.54) is 0 Å². The molecule has 3 aromatic rings. The van der Waals surface area contributed by atoms with Gasteiger partial charge >= 0.3 is 0 Å². The average Bonchev–Trinajstić information content (AvgIpc) is 2.93. The largest absolute Gasteiger partial charge is 0.461 e. The molecule has 8 heteroatoms. The topological polar surface area (TPSA) is 82.8 Å². The van der Waals surface area contributed by atoms with Crippen LogP contribution in [0.15, 0.2) is 38.6 Å². The van der Waals surface area contributed by atoms with Crippen molar-refractivity contribution in [2.75, 3.05) is 0 Å². The van der Waals surface area contributed by atoms with Crippen LogP contribution in [0.25, 0.3) is 11.5 Å². The lowest BCUT2D eigenvalue weighted by Gasteiger charge is -1.99. The van der Waals surface area contributed by atoms with E-state index < -0.39 is 0 Å². The fourth-order valence-corrected chi connectivity index (χ4v) is 2.71. The lowest BCUT2D eigenvalue weighted by molar-refractivity contribution is 0.413. The summed E-state index contributed by atoms with van der Waals surface area (Å²) in [7, 11) is 0. The third kappa shape index (κ3) is 2.22. The van der Waals surface area contributed by atoms with Gasteiger partial charge in [-0.2, -0.15) is 0 Å². The van der Waals surface area contributed by atoms with Gasteiger partial charge in [0.05, 0.1) is 18.0 Å². The molecule has 1 aliphatic rings. The van der Waals surface area contributed by atoms with Crippen LogP contribution in [0, 0.1) is 0 Å². The van der Waals surface area contributed by atoms with Crippen molar-refractivity contribution in [1.29, 1.82) is 0 Å². The molecular formula is C12H11N5O2S. The van der Waals surface area contributed by atoms with Crippen molar-refractivity contribution in [1.82, 2.24) is 25.4 Å². The fraction of sp³-hybridized carbons (Fsp3) is 0.333. The Morgan fingerprint density at radius 2 is 2.30 bits per heavy atom. The number of nitrogens with zero attached hydrogens (tertiary/aromatic N) is 5. The first-order chi connectivity index (χ1) is 9.90. The molecular weight excluding hydrogens is 278 g/mol. The molecule has 1 saturated carbocycles. The Hall–Kier alpha value is -2.09. The summed E-state index contributed by atoms with van der Waals surface area (Å²) in [6.07, 6.45) is 3.92. The predicted molar refractivity (Wildman–Crippen MR) is 69.9 cm³/mol. The van der Waals surface area contributed by atoms with E-state index in [2.05, 4.69) is 20.7 Å². The molecule has 3 aromatic heterocycles. The van der Waals surface area contributed by atoms with Crippen molar-refractivity contribution in [2.45, 2.75) is 29.8 Å². The molecule has 0 spiro atoms. The smallest absolute Gasteiger partial charge is 0.209 e. The Bertz CT molecular complexity index is 701. The summed E-state index contributed by atoms with van der Waals surface area (Å²) < 4.78 is 12.4. The van der Waals surface area contributed by atoms with Crippen LogP contribution in [-0.4, -0.2) is 25.4 Å². The molecule has 20 heavy (non-hydrogen) atoms. The van der Waals surface area contributed by atoms with E-state index >= 15 is 0 Å². The zero-order valence-electron chi connectivity index (χ0n) is 10.5. The van der Waals surface area contributed by atoms with Crippen LogP contribution in [0.4, 0.5) is 0 Å². The number of aromatic nitrogens is 5. The molecule has 0 amide bonds. The number of hydrogen-bond donors (Lipinski definition) is 0. The maximum atomic E-state index is 5.27. The van der Waals surface area contributed by atoms with Gasteiger partial charge in [-0.3, -0.25) is 0 Å². The standard InChI is InChI=1S/C12H11N5O2S/c1-2-10(18-5-1)11-6-8(14-19-11)7-20-12-13-15-16-17(12)9-3-4-9/h1-2,5-6,9H,3-4,7H2. The molecule has 0 aromatic carbocycles. The third-order valence-corrected chi connectivity index (χ3v) is 3.99. The van der Waals surface area contributed by atoms with Crippen LogP contribution in [0.1, 0.15) is 24.6 Å². The molecule has 7 nitrogen and oxygen atoms in total. The third-order valence-electron chi connectivity index (χ3n) is 3.03. The van der Waals surface area contributed by atoms with Gasteiger partial charge in [-0.05, 0) is 35.4 Å². The van der Waals surface area contributed by atoms with Gasteiger partial charge in [0.15, 0.2) is 5.76 Å². The highest BCUT2D eigenvalue weighted by molar-refractivity contribution is 7.98. The van der Waals surface area contributed by atoms with Crippen LogP contribution in [0.5, 0.6) is 0 Å². The highest BCUT2D eigenvalue weighted by atomic mass is 32.2. The van der Waals surface area contributed by atoms with Crippen LogP contribution in [-0.2, 0) is 5.75 Å². The monoisotopic (exact) mass is 289 g/mol. The number of rotatable bonds is 5. The van der Waals surface area contributed by atoms with Crippen LogP contribution in [0.3, 0.4) is 0 Å². The minimum Gasteiger partial charge on any atom is -0.461 e.